The highest BCUT2D eigenvalue weighted by molar-refractivity contribution is 5.94. The lowest BCUT2D eigenvalue weighted by atomic mass is 10.2. The van der Waals surface area contributed by atoms with Gasteiger partial charge < -0.3 is 16.2 Å². The van der Waals surface area contributed by atoms with Crippen LogP contribution >= 0.6 is 0 Å². The van der Waals surface area contributed by atoms with E-state index in [1.807, 2.05) is 0 Å². The maximum atomic E-state index is 13.2. The van der Waals surface area contributed by atoms with Crippen molar-refractivity contribution in [3.63, 3.8) is 0 Å². The van der Waals surface area contributed by atoms with Crippen molar-refractivity contribution in [2.45, 2.75) is 6.61 Å². The summed E-state index contributed by atoms with van der Waals surface area (Å²) in [5.41, 5.74) is 12.3. The van der Waals surface area contributed by atoms with Gasteiger partial charge in [-0.2, -0.15) is 4.98 Å². The lowest BCUT2D eigenvalue weighted by Crippen LogP contribution is -2.03. The Hall–Kier alpha value is -2.96. The average Bonchev–Trinajstić information content (AvgIpc) is 2.43. The van der Waals surface area contributed by atoms with Crippen LogP contribution in [0.5, 0.6) is 5.75 Å². The topological polar surface area (TPSA) is 87.0 Å². The second-order valence-corrected chi connectivity index (χ2v) is 4.68. The van der Waals surface area contributed by atoms with E-state index in [2.05, 4.69) is 9.97 Å². The molecule has 2 aromatic carbocycles. The molecule has 0 aliphatic carbocycles. The Balaban J connectivity index is 1.94. The van der Waals surface area contributed by atoms with Crippen molar-refractivity contribution in [1.29, 1.82) is 0 Å². The van der Waals surface area contributed by atoms with Crippen LogP contribution in [0.25, 0.3) is 10.9 Å². The van der Waals surface area contributed by atoms with Crippen molar-refractivity contribution in [2.75, 3.05) is 11.5 Å². The first-order valence-electron chi connectivity index (χ1n) is 6.42. The Bertz CT molecular complexity index is 834. The van der Waals surface area contributed by atoms with Crippen LogP contribution < -0.4 is 16.2 Å². The standard InChI is InChI=1S/C15H12F2N4O/c16-9-4-8(5-10(17)6-9)7-22-12-3-1-2-11-13(12)14(18)21-15(19)20-11/h1-6H,7H2,(H4,18,19,20,21). The van der Waals surface area contributed by atoms with Crippen molar-refractivity contribution in [1.82, 2.24) is 9.97 Å². The lowest BCUT2D eigenvalue weighted by Gasteiger charge is -2.11. The van der Waals surface area contributed by atoms with Crippen LogP contribution in [-0.4, -0.2) is 9.97 Å². The van der Waals surface area contributed by atoms with Gasteiger partial charge in [-0.1, -0.05) is 6.07 Å². The maximum Gasteiger partial charge on any atom is 0.222 e. The van der Waals surface area contributed by atoms with E-state index in [0.29, 0.717) is 22.2 Å². The van der Waals surface area contributed by atoms with Crippen LogP contribution in [-0.2, 0) is 6.61 Å². The molecule has 0 amide bonds. The van der Waals surface area contributed by atoms with E-state index in [4.69, 9.17) is 16.2 Å². The van der Waals surface area contributed by atoms with Gasteiger partial charge >= 0.3 is 0 Å². The number of hydrogen-bond acceptors (Lipinski definition) is 5. The molecule has 1 heterocycles. The van der Waals surface area contributed by atoms with Crippen molar-refractivity contribution in [2.24, 2.45) is 0 Å². The third-order valence-corrected chi connectivity index (χ3v) is 3.05. The number of halogens is 2. The van der Waals surface area contributed by atoms with Crippen LogP contribution in [0, 0.1) is 11.6 Å². The predicted octanol–water partition coefficient (Wildman–Crippen LogP) is 2.65. The first-order valence-corrected chi connectivity index (χ1v) is 6.42. The predicted molar refractivity (Wildman–Crippen MR) is 79.1 cm³/mol. The summed E-state index contributed by atoms with van der Waals surface area (Å²) in [4.78, 5) is 7.96. The number of ether oxygens (including phenoxy) is 1. The number of anilines is 2. The summed E-state index contributed by atoms with van der Waals surface area (Å²) in [5.74, 6) is -0.656. The molecule has 3 aromatic rings. The van der Waals surface area contributed by atoms with Gasteiger partial charge in [0.15, 0.2) is 0 Å². The second-order valence-electron chi connectivity index (χ2n) is 4.68. The minimum Gasteiger partial charge on any atom is -0.488 e. The highest BCUT2D eigenvalue weighted by Crippen LogP contribution is 2.29. The molecule has 1 aromatic heterocycles. The molecule has 0 saturated heterocycles. The smallest absolute Gasteiger partial charge is 0.222 e. The van der Waals surface area contributed by atoms with E-state index in [1.54, 1.807) is 18.2 Å². The summed E-state index contributed by atoms with van der Waals surface area (Å²) >= 11 is 0. The molecule has 0 bridgehead atoms. The third-order valence-electron chi connectivity index (χ3n) is 3.05. The largest absolute Gasteiger partial charge is 0.488 e. The van der Waals surface area contributed by atoms with E-state index in [-0.39, 0.29) is 18.4 Å². The zero-order valence-electron chi connectivity index (χ0n) is 11.4. The number of hydrogen-bond donors (Lipinski definition) is 2. The number of aromatic nitrogens is 2. The van der Waals surface area contributed by atoms with E-state index in [9.17, 15) is 8.78 Å². The first-order chi connectivity index (χ1) is 10.5. The zero-order valence-corrected chi connectivity index (χ0v) is 11.4. The molecule has 22 heavy (non-hydrogen) atoms. The molecule has 0 saturated carbocycles. The summed E-state index contributed by atoms with van der Waals surface area (Å²) < 4.78 is 31.9. The van der Waals surface area contributed by atoms with Crippen LogP contribution in [0.1, 0.15) is 5.56 Å². The monoisotopic (exact) mass is 302 g/mol. The van der Waals surface area contributed by atoms with E-state index in [1.165, 1.54) is 12.1 Å². The molecular weight excluding hydrogens is 290 g/mol. The number of nitrogens with two attached hydrogens (primary N) is 2. The van der Waals surface area contributed by atoms with Gasteiger partial charge in [0.2, 0.25) is 5.95 Å². The highest BCUT2D eigenvalue weighted by Gasteiger charge is 2.10. The number of fused-ring (bicyclic) bond motifs is 1. The minimum absolute atomic E-state index is 0.0163. The van der Waals surface area contributed by atoms with Gasteiger partial charge in [0.25, 0.3) is 0 Å². The van der Waals surface area contributed by atoms with Gasteiger partial charge in [0, 0.05) is 6.07 Å². The SMILES string of the molecule is Nc1nc(N)c2c(OCc3cc(F)cc(F)c3)cccc2n1. The van der Waals surface area contributed by atoms with E-state index in [0.717, 1.165) is 6.07 Å². The first kappa shape index (κ1) is 14.0. The summed E-state index contributed by atoms with van der Waals surface area (Å²) in [6.45, 7) is -0.0163. The van der Waals surface area contributed by atoms with Gasteiger partial charge in [-0.25, -0.2) is 13.8 Å². The summed E-state index contributed by atoms with van der Waals surface area (Å²) in [6.07, 6.45) is 0. The number of nitrogen functional groups attached to an aromatic ring is 2. The van der Waals surface area contributed by atoms with Gasteiger partial charge in [0.1, 0.15) is 29.8 Å². The molecule has 0 fully saturated rings. The Labute approximate surface area is 124 Å². The quantitative estimate of drug-likeness (QED) is 0.776. The second kappa shape index (κ2) is 5.44. The van der Waals surface area contributed by atoms with Crippen LogP contribution in [0.15, 0.2) is 36.4 Å². The normalized spacial score (nSPS) is 10.8. The fourth-order valence-corrected chi connectivity index (χ4v) is 2.17. The molecule has 0 atom stereocenters. The highest BCUT2D eigenvalue weighted by atomic mass is 19.1. The molecule has 0 aliphatic rings. The molecule has 0 unspecified atom stereocenters. The number of benzene rings is 2. The molecule has 0 aliphatic heterocycles. The Morgan fingerprint density at radius 3 is 2.45 bits per heavy atom. The molecule has 4 N–H and O–H groups in total. The Morgan fingerprint density at radius 1 is 1.00 bits per heavy atom. The van der Waals surface area contributed by atoms with Gasteiger partial charge in [-0.05, 0) is 29.8 Å². The van der Waals surface area contributed by atoms with E-state index < -0.39 is 11.6 Å². The Morgan fingerprint density at radius 2 is 1.73 bits per heavy atom. The average molecular weight is 302 g/mol. The molecule has 3 rings (SSSR count). The molecular formula is C15H12F2N4O. The van der Waals surface area contributed by atoms with Crippen LogP contribution in [0.4, 0.5) is 20.5 Å². The summed E-state index contributed by atoms with van der Waals surface area (Å²) in [5, 5.41) is 0.508. The molecule has 5 nitrogen and oxygen atoms in total. The summed E-state index contributed by atoms with van der Waals surface area (Å²) in [6, 6.07) is 8.32. The van der Waals surface area contributed by atoms with Gasteiger partial charge in [-0.3, -0.25) is 0 Å². The van der Waals surface area contributed by atoms with E-state index >= 15 is 0 Å². The summed E-state index contributed by atoms with van der Waals surface area (Å²) in [7, 11) is 0. The minimum atomic E-state index is -0.660. The fraction of sp³-hybridized carbons (Fsp3) is 0.0667. The molecule has 7 heteroatoms. The van der Waals surface area contributed by atoms with Crippen molar-refractivity contribution in [3.05, 3.63) is 53.6 Å². The zero-order chi connectivity index (χ0) is 15.7. The van der Waals surface area contributed by atoms with Crippen molar-refractivity contribution < 1.29 is 13.5 Å². The third kappa shape index (κ3) is 2.73. The Kier molecular flexibility index (Phi) is 3.46. The van der Waals surface area contributed by atoms with Gasteiger partial charge in [0.05, 0.1) is 10.9 Å². The van der Waals surface area contributed by atoms with Crippen LogP contribution in [0.3, 0.4) is 0 Å². The number of nitrogens with zero attached hydrogens (tertiary/aromatic N) is 2. The number of rotatable bonds is 3. The van der Waals surface area contributed by atoms with Crippen molar-refractivity contribution >= 4 is 22.7 Å². The molecule has 0 radical (unpaired) electrons. The molecule has 0 spiro atoms. The van der Waals surface area contributed by atoms with Crippen molar-refractivity contribution in [3.8, 4) is 5.75 Å². The molecule has 112 valence electrons. The lowest BCUT2D eigenvalue weighted by molar-refractivity contribution is 0.308. The van der Waals surface area contributed by atoms with Crippen LogP contribution in [0.2, 0.25) is 0 Å². The van der Waals surface area contributed by atoms with Gasteiger partial charge in [-0.15, -0.1) is 0 Å². The maximum absolute atomic E-state index is 13.2. The fourth-order valence-electron chi connectivity index (χ4n) is 2.17.